The first-order valence-corrected chi connectivity index (χ1v) is 6.77. The summed E-state index contributed by atoms with van der Waals surface area (Å²) in [6.45, 7) is 4.28. The highest BCUT2D eigenvalue weighted by atomic mass is 16.5. The number of furan rings is 1. The summed E-state index contributed by atoms with van der Waals surface area (Å²) < 4.78 is 10.5. The van der Waals surface area contributed by atoms with E-state index in [0.29, 0.717) is 19.7 Å². The largest absolute Gasteiger partial charge is 0.464 e. The number of aromatic nitrogens is 1. The van der Waals surface area contributed by atoms with Crippen LogP contribution in [0.3, 0.4) is 0 Å². The fourth-order valence-corrected chi connectivity index (χ4v) is 2.52. The van der Waals surface area contributed by atoms with E-state index in [4.69, 9.17) is 9.15 Å². The molecule has 1 unspecified atom stereocenters. The molecular formula is C14H17N3O3. The molecule has 6 nitrogen and oxygen atoms in total. The number of rotatable bonds is 3. The minimum absolute atomic E-state index is 0.220. The highest BCUT2D eigenvalue weighted by molar-refractivity contribution is 5.91. The fraction of sp³-hybridized carbons (Fsp3) is 0.429. The molecular weight excluding hydrogens is 258 g/mol. The van der Waals surface area contributed by atoms with Gasteiger partial charge in [-0.3, -0.25) is 0 Å². The summed E-state index contributed by atoms with van der Waals surface area (Å²) in [6, 6.07) is 3.35. The van der Waals surface area contributed by atoms with E-state index >= 15 is 0 Å². The Bertz CT molecular complexity index is 610. The quantitative estimate of drug-likeness (QED) is 0.848. The summed E-state index contributed by atoms with van der Waals surface area (Å²) in [5.41, 5.74) is 0.774. The van der Waals surface area contributed by atoms with Gasteiger partial charge in [-0.25, -0.2) is 9.78 Å². The predicted octanol–water partition coefficient (Wildman–Crippen LogP) is 1.17. The maximum Gasteiger partial charge on any atom is 0.330 e. The van der Waals surface area contributed by atoms with Crippen LogP contribution < -0.4 is 10.2 Å². The Morgan fingerprint density at radius 2 is 2.50 bits per heavy atom. The SMILES string of the molecule is CCOC(=O)C1CNCCN1c1nccc2occc12. The van der Waals surface area contributed by atoms with Crippen molar-refractivity contribution in [2.45, 2.75) is 13.0 Å². The molecule has 20 heavy (non-hydrogen) atoms. The van der Waals surface area contributed by atoms with Gasteiger partial charge in [0.05, 0.1) is 18.3 Å². The molecule has 0 bridgehead atoms. The lowest BCUT2D eigenvalue weighted by molar-refractivity contribution is -0.144. The molecule has 1 atom stereocenters. The van der Waals surface area contributed by atoms with Gasteiger partial charge < -0.3 is 19.4 Å². The molecule has 3 rings (SSSR count). The molecule has 2 aromatic rings. The average molecular weight is 275 g/mol. The molecule has 1 N–H and O–H groups in total. The van der Waals surface area contributed by atoms with Gasteiger partial charge in [0, 0.05) is 25.8 Å². The molecule has 0 aromatic carbocycles. The van der Waals surface area contributed by atoms with E-state index in [1.807, 2.05) is 24.0 Å². The smallest absolute Gasteiger partial charge is 0.330 e. The highest BCUT2D eigenvalue weighted by Gasteiger charge is 2.31. The molecule has 0 radical (unpaired) electrons. The zero-order chi connectivity index (χ0) is 13.9. The van der Waals surface area contributed by atoms with Crippen LogP contribution in [-0.4, -0.2) is 43.2 Å². The summed E-state index contributed by atoms with van der Waals surface area (Å²) in [4.78, 5) is 18.5. The molecule has 0 aliphatic carbocycles. The minimum Gasteiger partial charge on any atom is -0.464 e. The molecule has 0 amide bonds. The van der Waals surface area contributed by atoms with Crippen LogP contribution in [0, 0.1) is 0 Å². The van der Waals surface area contributed by atoms with Gasteiger partial charge in [0.1, 0.15) is 17.4 Å². The molecule has 1 saturated heterocycles. The van der Waals surface area contributed by atoms with Crippen LogP contribution in [0.1, 0.15) is 6.92 Å². The van der Waals surface area contributed by atoms with Crippen molar-refractivity contribution in [2.24, 2.45) is 0 Å². The second-order valence-electron chi connectivity index (χ2n) is 4.63. The predicted molar refractivity (Wildman–Crippen MR) is 74.6 cm³/mol. The monoisotopic (exact) mass is 275 g/mol. The third kappa shape index (κ3) is 2.22. The number of carbonyl (C=O) groups is 1. The standard InChI is InChI=1S/C14H17N3O3/c1-2-19-14(18)11-9-15-6-7-17(11)13-10-4-8-20-12(10)3-5-16-13/h3-5,8,11,15H,2,6-7,9H2,1H3. The van der Waals surface area contributed by atoms with Gasteiger partial charge in [0.15, 0.2) is 0 Å². The zero-order valence-corrected chi connectivity index (χ0v) is 11.3. The van der Waals surface area contributed by atoms with Gasteiger partial charge in [-0.2, -0.15) is 0 Å². The molecule has 6 heteroatoms. The van der Waals surface area contributed by atoms with Crippen molar-refractivity contribution in [3.05, 3.63) is 24.6 Å². The number of ether oxygens (including phenoxy) is 1. The van der Waals surface area contributed by atoms with Crippen LogP contribution >= 0.6 is 0 Å². The van der Waals surface area contributed by atoms with Gasteiger partial charge >= 0.3 is 5.97 Å². The molecule has 1 aliphatic heterocycles. The molecule has 106 valence electrons. The Kier molecular flexibility index (Phi) is 3.56. The van der Waals surface area contributed by atoms with Gasteiger partial charge in [-0.15, -0.1) is 0 Å². The lowest BCUT2D eigenvalue weighted by Gasteiger charge is -2.35. The number of nitrogens with zero attached hydrogens (tertiary/aromatic N) is 2. The van der Waals surface area contributed by atoms with Gasteiger partial charge in [0.25, 0.3) is 0 Å². The molecule has 1 fully saturated rings. The van der Waals surface area contributed by atoms with Crippen molar-refractivity contribution in [1.82, 2.24) is 10.3 Å². The molecule has 3 heterocycles. The number of hydrogen-bond acceptors (Lipinski definition) is 6. The molecule has 2 aromatic heterocycles. The van der Waals surface area contributed by atoms with E-state index in [9.17, 15) is 4.79 Å². The fourth-order valence-electron chi connectivity index (χ4n) is 2.52. The summed E-state index contributed by atoms with van der Waals surface area (Å²) in [7, 11) is 0. The lowest BCUT2D eigenvalue weighted by atomic mass is 10.1. The number of carbonyl (C=O) groups excluding carboxylic acids is 1. The Labute approximate surface area is 116 Å². The number of esters is 1. The Morgan fingerprint density at radius 3 is 3.35 bits per heavy atom. The number of piperazine rings is 1. The maximum atomic E-state index is 12.1. The van der Waals surface area contributed by atoms with Crippen LogP contribution in [0.2, 0.25) is 0 Å². The maximum absolute atomic E-state index is 12.1. The number of fused-ring (bicyclic) bond motifs is 1. The van der Waals surface area contributed by atoms with Gasteiger partial charge in [-0.05, 0) is 19.1 Å². The second-order valence-corrected chi connectivity index (χ2v) is 4.63. The van der Waals surface area contributed by atoms with E-state index in [1.165, 1.54) is 0 Å². The molecule has 0 spiro atoms. The van der Waals surface area contributed by atoms with Crippen molar-refractivity contribution in [2.75, 3.05) is 31.1 Å². The first-order valence-electron chi connectivity index (χ1n) is 6.77. The Morgan fingerprint density at radius 1 is 1.60 bits per heavy atom. The zero-order valence-electron chi connectivity index (χ0n) is 11.3. The van der Waals surface area contributed by atoms with E-state index < -0.39 is 0 Å². The van der Waals surface area contributed by atoms with Crippen molar-refractivity contribution in [1.29, 1.82) is 0 Å². The Hall–Kier alpha value is -2.08. The second kappa shape index (κ2) is 5.50. The van der Waals surface area contributed by atoms with Crippen molar-refractivity contribution < 1.29 is 13.9 Å². The third-order valence-electron chi connectivity index (χ3n) is 3.43. The highest BCUT2D eigenvalue weighted by Crippen LogP contribution is 2.27. The first-order chi connectivity index (χ1) is 9.81. The van der Waals surface area contributed by atoms with Crippen molar-refractivity contribution in [3.8, 4) is 0 Å². The van der Waals surface area contributed by atoms with Crippen LogP contribution in [0.5, 0.6) is 0 Å². The van der Waals surface area contributed by atoms with E-state index in [-0.39, 0.29) is 12.0 Å². The van der Waals surface area contributed by atoms with E-state index in [0.717, 1.165) is 23.3 Å². The first kappa shape index (κ1) is 12.9. The third-order valence-corrected chi connectivity index (χ3v) is 3.43. The van der Waals surface area contributed by atoms with Crippen molar-refractivity contribution in [3.63, 3.8) is 0 Å². The minimum atomic E-state index is -0.350. The van der Waals surface area contributed by atoms with Crippen LogP contribution in [0.4, 0.5) is 5.82 Å². The lowest BCUT2D eigenvalue weighted by Crippen LogP contribution is -2.56. The van der Waals surface area contributed by atoms with Crippen LogP contribution in [-0.2, 0) is 9.53 Å². The summed E-state index contributed by atoms with van der Waals surface area (Å²) in [5.74, 6) is 0.554. The van der Waals surface area contributed by atoms with Crippen LogP contribution in [0.15, 0.2) is 29.0 Å². The number of nitrogens with one attached hydrogen (secondary N) is 1. The van der Waals surface area contributed by atoms with Crippen molar-refractivity contribution >= 4 is 22.8 Å². The molecule has 1 aliphatic rings. The molecule has 0 saturated carbocycles. The summed E-state index contributed by atoms with van der Waals surface area (Å²) in [6.07, 6.45) is 3.34. The van der Waals surface area contributed by atoms with Gasteiger partial charge in [0.2, 0.25) is 0 Å². The number of anilines is 1. The topological polar surface area (TPSA) is 67.6 Å². The number of hydrogen-bond donors (Lipinski definition) is 1. The average Bonchev–Trinajstić information content (AvgIpc) is 2.96. The Balaban J connectivity index is 1.97. The van der Waals surface area contributed by atoms with E-state index in [1.54, 1.807) is 12.5 Å². The van der Waals surface area contributed by atoms with Gasteiger partial charge in [-0.1, -0.05) is 0 Å². The van der Waals surface area contributed by atoms with E-state index in [2.05, 4.69) is 10.3 Å². The summed E-state index contributed by atoms with van der Waals surface area (Å²) in [5, 5.41) is 4.14. The number of pyridine rings is 1. The van der Waals surface area contributed by atoms with Crippen LogP contribution in [0.25, 0.3) is 11.0 Å². The summed E-state index contributed by atoms with van der Waals surface area (Å²) >= 11 is 0. The normalized spacial score (nSPS) is 19.2.